The third-order valence-electron chi connectivity index (χ3n) is 2.50. The Kier molecular flexibility index (Phi) is 3.15. The SMILES string of the molecule is Oc1ccc(Cl)cc1-c1csc(-c2ncccn2)n1. The van der Waals surface area contributed by atoms with Crippen LogP contribution in [0, 0.1) is 0 Å². The van der Waals surface area contributed by atoms with Crippen LogP contribution in [0.25, 0.3) is 22.1 Å². The van der Waals surface area contributed by atoms with E-state index in [-0.39, 0.29) is 5.75 Å². The molecule has 0 saturated heterocycles. The van der Waals surface area contributed by atoms with E-state index in [2.05, 4.69) is 15.0 Å². The van der Waals surface area contributed by atoms with Crippen LogP contribution in [0.1, 0.15) is 0 Å². The molecule has 0 aliphatic rings. The fourth-order valence-corrected chi connectivity index (χ4v) is 2.56. The first-order valence-corrected chi connectivity index (χ1v) is 6.71. The molecule has 0 radical (unpaired) electrons. The predicted octanol–water partition coefficient (Wildman–Crippen LogP) is 3.63. The molecule has 1 aromatic carbocycles. The Hall–Kier alpha value is -1.98. The normalized spacial score (nSPS) is 10.6. The van der Waals surface area contributed by atoms with Crippen LogP contribution in [-0.2, 0) is 0 Å². The van der Waals surface area contributed by atoms with Crippen molar-refractivity contribution in [1.29, 1.82) is 0 Å². The minimum Gasteiger partial charge on any atom is -0.507 e. The molecular weight excluding hydrogens is 282 g/mol. The lowest BCUT2D eigenvalue weighted by molar-refractivity contribution is 0.477. The molecule has 0 saturated carbocycles. The van der Waals surface area contributed by atoms with Gasteiger partial charge in [-0.25, -0.2) is 15.0 Å². The Morgan fingerprint density at radius 1 is 1.16 bits per heavy atom. The van der Waals surface area contributed by atoms with Crippen molar-refractivity contribution in [3.8, 4) is 27.8 Å². The van der Waals surface area contributed by atoms with E-state index in [4.69, 9.17) is 11.6 Å². The van der Waals surface area contributed by atoms with E-state index >= 15 is 0 Å². The van der Waals surface area contributed by atoms with Crippen molar-refractivity contribution in [1.82, 2.24) is 15.0 Å². The third kappa shape index (κ3) is 2.43. The molecule has 3 aromatic rings. The number of nitrogens with zero attached hydrogens (tertiary/aromatic N) is 3. The summed E-state index contributed by atoms with van der Waals surface area (Å²) in [7, 11) is 0. The van der Waals surface area contributed by atoms with Gasteiger partial charge in [0.25, 0.3) is 0 Å². The minimum atomic E-state index is 0.148. The van der Waals surface area contributed by atoms with Crippen molar-refractivity contribution >= 4 is 22.9 Å². The minimum absolute atomic E-state index is 0.148. The van der Waals surface area contributed by atoms with Crippen molar-refractivity contribution in [3.63, 3.8) is 0 Å². The van der Waals surface area contributed by atoms with Crippen LogP contribution < -0.4 is 0 Å². The number of hydrogen-bond donors (Lipinski definition) is 1. The Balaban J connectivity index is 2.04. The molecule has 1 N–H and O–H groups in total. The van der Waals surface area contributed by atoms with Gasteiger partial charge in [-0.15, -0.1) is 11.3 Å². The van der Waals surface area contributed by atoms with Crippen LogP contribution in [0.15, 0.2) is 42.0 Å². The fourth-order valence-electron chi connectivity index (χ4n) is 1.62. The third-order valence-corrected chi connectivity index (χ3v) is 3.57. The maximum atomic E-state index is 9.84. The molecule has 6 heteroatoms. The average Bonchev–Trinajstić information content (AvgIpc) is 2.92. The summed E-state index contributed by atoms with van der Waals surface area (Å²) in [5.41, 5.74) is 1.26. The highest BCUT2D eigenvalue weighted by Crippen LogP contribution is 2.33. The number of phenolic OH excluding ortho intramolecular Hbond substituents is 1. The molecule has 94 valence electrons. The van der Waals surface area contributed by atoms with Gasteiger partial charge in [0.1, 0.15) is 5.75 Å². The zero-order chi connectivity index (χ0) is 13.2. The van der Waals surface area contributed by atoms with Crippen LogP contribution in [-0.4, -0.2) is 20.1 Å². The lowest BCUT2D eigenvalue weighted by Gasteiger charge is -2.01. The van der Waals surface area contributed by atoms with Crippen LogP contribution in [0.4, 0.5) is 0 Å². The Labute approximate surface area is 118 Å². The van der Waals surface area contributed by atoms with Crippen LogP contribution in [0.3, 0.4) is 0 Å². The van der Waals surface area contributed by atoms with Crippen molar-refractivity contribution in [2.45, 2.75) is 0 Å². The standard InChI is InChI=1S/C13H8ClN3OS/c14-8-2-3-11(18)9(6-8)10-7-19-13(17-10)12-15-4-1-5-16-12/h1-7,18H. The Bertz CT molecular complexity index is 715. The molecule has 0 amide bonds. The second kappa shape index (κ2) is 4.95. The second-order valence-corrected chi connectivity index (χ2v) is 5.07. The molecular formula is C13H8ClN3OS. The van der Waals surface area contributed by atoms with Gasteiger partial charge in [0, 0.05) is 28.4 Å². The molecule has 3 rings (SSSR count). The molecule has 0 unspecified atom stereocenters. The summed E-state index contributed by atoms with van der Waals surface area (Å²) < 4.78 is 0. The summed E-state index contributed by atoms with van der Waals surface area (Å²) in [6.07, 6.45) is 3.33. The van der Waals surface area contributed by atoms with Crippen molar-refractivity contribution in [2.24, 2.45) is 0 Å². The van der Waals surface area contributed by atoms with Crippen molar-refractivity contribution in [3.05, 3.63) is 47.1 Å². The number of halogens is 1. The highest BCUT2D eigenvalue weighted by atomic mass is 35.5. The lowest BCUT2D eigenvalue weighted by atomic mass is 10.1. The van der Waals surface area contributed by atoms with Gasteiger partial charge in [0.2, 0.25) is 0 Å². The molecule has 4 nitrogen and oxygen atoms in total. The van der Waals surface area contributed by atoms with Crippen LogP contribution in [0.5, 0.6) is 5.75 Å². The molecule has 0 atom stereocenters. The fraction of sp³-hybridized carbons (Fsp3) is 0. The van der Waals surface area contributed by atoms with Crippen molar-refractivity contribution < 1.29 is 5.11 Å². The number of aromatic nitrogens is 3. The molecule has 0 fully saturated rings. The Morgan fingerprint density at radius 2 is 1.95 bits per heavy atom. The van der Waals surface area contributed by atoms with E-state index < -0.39 is 0 Å². The second-order valence-electron chi connectivity index (χ2n) is 3.77. The zero-order valence-corrected chi connectivity index (χ0v) is 11.2. The summed E-state index contributed by atoms with van der Waals surface area (Å²) in [6.45, 7) is 0. The summed E-state index contributed by atoms with van der Waals surface area (Å²) >= 11 is 7.35. The zero-order valence-electron chi connectivity index (χ0n) is 9.62. The smallest absolute Gasteiger partial charge is 0.188 e. The van der Waals surface area contributed by atoms with Gasteiger partial charge in [-0.1, -0.05) is 11.6 Å². The first-order valence-electron chi connectivity index (χ1n) is 5.46. The van der Waals surface area contributed by atoms with Gasteiger partial charge in [-0.3, -0.25) is 0 Å². The molecule has 2 aromatic heterocycles. The highest BCUT2D eigenvalue weighted by Gasteiger charge is 2.11. The lowest BCUT2D eigenvalue weighted by Crippen LogP contribution is -1.86. The van der Waals surface area contributed by atoms with Crippen molar-refractivity contribution in [2.75, 3.05) is 0 Å². The predicted molar refractivity (Wildman–Crippen MR) is 75.3 cm³/mol. The monoisotopic (exact) mass is 289 g/mol. The number of rotatable bonds is 2. The van der Waals surface area contributed by atoms with E-state index in [1.54, 1.807) is 36.7 Å². The van der Waals surface area contributed by atoms with Gasteiger partial charge in [-0.2, -0.15) is 0 Å². The van der Waals surface area contributed by atoms with Crippen LogP contribution >= 0.6 is 22.9 Å². The summed E-state index contributed by atoms with van der Waals surface area (Å²) in [6, 6.07) is 6.62. The number of benzene rings is 1. The van der Waals surface area contributed by atoms with E-state index in [1.807, 2.05) is 5.38 Å². The Morgan fingerprint density at radius 3 is 2.74 bits per heavy atom. The summed E-state index contributed by atoms with van der Waals surface area (Å²) in [4.78, 5) is 12.7. The molecule has 0 aliphatic heterocycles. The molecule has 0 bridgehead atoms. The maximum absolute atomic E-state index is 9.84. The highest BCUT2D eigenvalue weighted by molar-refractivity contribution is 7.13. The first-order chi connectivity index (χ1) is 9.24. The van der Waals surface area contributed by atoms with Gasteiger partial charge < -0.3 is 5.11 Å². The maximum Gasteiger partial charge on any atom is 0.188 e. The largest absolute Gasteiger partial charge is 0.507 e. The van der Waals surface area contributed by atoms with Gasteiger partial charge in [0.05, 0.1) is 5.69 Å². The molecule has 0 aliphatic carbocycles. The topological polar surface area (TPSA) is 58.9 Å². The average molecular weight is 290 g/mol. The molecule has 19 heavy (non-hydrogen) atoms. The van der Waals surface area contributed by atoms with E-state index in [0.29, 0.717) is 27.1 Å². The molecule has 2 heterocycles. The quantitative estimate of drug-likeness (QED) is 0.783. The van der Waals surface area contributed by atoms with Crippen LogP contribution in [0.2, 0.25) is 5.02 Å². The summed E-state index contributed by atoms with van der Waals surface area (Å²) in [5, 5.41) is 12.9. The molecule has 0 spiro atoms. The first kappa shape index (κ1) is 12.1. The number of thiazole rings is 1. The van der Waals surface area contributed by atoms with Gasteiger partial charge in [0.15, 0.2) is 10.8 Å². The number of phenols is 1. The van der Waals surface area contributed by atoms with E-state index in [9.17, 15) is 5.11 Å². The number of hydrogen-bond acceptors (Lipinski definition) is 5. The van der Waals surface area contributed by atoms with E-state index in [0.717, 1.165) is 0 Å². The van der Waals surface area contributed by atoms with Gasteiger partial charge in [-0.05, 0) is 24.3 Å². The summed E-state index contributed by atoms with van der Waals surface area (Å²) in [5.74, 6) is 0.718. The van der Waals surface area contributed by atoms with Gasteiger partial charge >= 0.3 is 0 Å². The van der Waals surface area contributed by atoms with E-state index in [1.165, 1.54) is 11.3 Å². The number of aromatic hydroxyl groups is 1.